The van der Waals surface area contributed by atoms with Crippen molar-refractivity contribution in [3.63, 3.8) is 0 Å². The van der Waals surface area contributed by atoms with Gasteiger partial charge in [0.1, 0.15) is 12.4 Å². The van der Waals surface area contributed by atoms with Crippen LogP contribution in [0.1, 0.15) is 0 Å². The first-order valence-electron chi connectivity index (χ1n) is 9.06. The van der Waals surface area contributed by atoms with Gasteiger partial charge in [0, 0.05) is 6.07 Å². The molecule has 1 N–H and O–H groups in total. The van der Waals surface area contributed by atoms with Crippen molar-refractivity contribution in [2.45, 2.75) is 0 Å². The lowest BCUT2D eigenvalue weighted by molar-refractivity contribution is -0.385. The van der Waals surface area contributed by atoms with Gasteiger partial charge in [-0.1, -0.05) is 42.5 Å². The topological polar surface area (TPSA) is 99.1 Å². The van der Waals surface area contributed by atoms with Crippen molar-refractivity contribution in [2.24, 2.45) is 4.99 Å². The zero-order chi connectivity index (χ0) is 20.5. The summed E-state index contributed by atoms with van der Waals surface area (Å²) in [6.07, 6.45) is 1.18. The zero-order valence-corrected chi connectivity index (χ0v) is 15.7. The second-order valence-electron chi connectivity index (χ2n) is 6.08. The Morgan fingerprint density at radius 3 is 2.55 bits per heavy atom. The number of hydrogen-bond donors (Lipinski definition) is 1. The van der Waals surface area contributed by atoms with Gasteiger partial charge in [-0.2, -0.15) is 4.73 Å². The molecule has 1 aromatic heterocycles. The lowest BCUT2D eigenvalue weighted by Crippen LogP contribution is -2.19. The SMILES string of the molecule is O=[N+]([O-])c1ccn(O)c(=NCCOCCOc2cccc(-c3ccccc3)c2)c1. The van der Waals surface area contributed by atoms with Crippen molar-refractivity contribution in [1.82, 2.24) is 4.73 Å². The molecule has 29 heavy (non-hydrogen) atoms. The average molecular weight is 395 g/mol. The standard InChI is InChI=1S/C21H21N3O5/c25-23-11-9-19(24(26)27)16-21(23)22-10-12-28-13-14-29-20-8-4-7-18(15-20)17-5-2-1-3-6-17/h1-9,11,15-16,25H,10,12-14H2. The monoisotopic (exact) mass is 395 g/mol. The quantitative estimate of drug-likeness (QED) is 0.259. The van der Waals surface area contributed by atoms with E-state index in [1.165, 1.54) is 18.3 Å². The molecule has 0 aliphatic rings. The first-order valence-corrected chi connectivity index (χ1v) is 9.06. The highest BCUT2D eigenvalue weighted by atomic mass is 16.6. The molecular formula is C21H21N3O5. The summed E-state index contributed by atoms with van der Waals surface area (Å²) in [5, 5.41) is 20.4. The van der Waals surface area contributed by atoms with E-state index >= 15 is 0 Å². The van der Waals surface area contributed by atoms with Crippen LogP contribution in [-0.4, -0.2) is 41.2 Å². The van der Waals surface area contributed by atoms with Gasteiger partial charge in [0.15, 0.2) is 5.49 Å². The van der Waals surface area contributed by atoms with Gasteiger partial charge in [-0.25, -0.2) is 0 Å². The van der Waals surface area contributed by atoms with Crippen LogP contribution in [0.25, 0.3) is 11.1 Å². The molecule has 0 unspecified atom stereocenters. The van der Waals surface area contributed by atoms with Gasteiger partial charge in [-0.15, -0.1) is 0 Å². The minimum atomic E-state index is -0.542. The fraction of sp³-hybridized carbons (Fsp3) is 0.190. The van der Waals surface area contributed by atoms with E-state index in [2.05, 4.69) is 4.99 Å². The van der Waals surface area contributed by atoms with Gasteiger partial charge < -0.3 is 14.7 Å². The summed E-state index contributed by atoms with van der Waals surface area (Å²) in [6.45, 7) is 1.32. The molecule has 8 nitrogen and oxygen atoms in total. The van der Waals surface area contributed by atoms with Crippen molar-refractivity contribution in [2.75, 3.05) is 26.4 Å². The number of nitrogens with zero attached hydrogens (tertiary/aromatic N) is 3. The molecule has 0 atom stereocenters. The normalized spacial score (nSPS) is 11.4. The summed E-state index contributed by atoms with van der Waals surface area (Å²) >= 11 is 0. The summed E-state index contributed by atoms with van der Waals surface area (Å²) < 4.78 is 11.9. The predicted molar refractivity (Wildman–Crippen MR) is 107 cm³/mol. The van der Waals surface area contributed by atoms with Crippen LogP contribution in [-0.2, 0) is 4.74 Å². The van der Waals surface area contributed by atoms with Crippen LogP contribution < -0.4 is 10.2 Å². The van der Waals surface area contributed by atoms with Gasteiger partial charge in [-0.3, -0.25) is 15.1 Å². The molecule has 0 bridgehead atoms. The molecule has 1 heterocycles. The summed E-state index contributed by atoms with van der Waals surface area (Å²) in [5.74, 6) is 0.762. The van der Waals surface area contributed by atoms with Crippen LogP contribution in [0.15, 0.2) is 77.9 Å². The van der Waals surface area contributed by atoms with Crippen molar-refractivity contribution in [3.05, 3.63) is 88.5 Å². The van der Waals surface area contributed by atoms with E-state index in [1.807, 2.05) is 54.6 Å². The Morgan fingerprint density at radius 1 is 0.966 bits per heavy atom. The highest BCUT2D eigenvalue weighted by Crippen LogP contribution is 2.23. The van der Waals surface area contributed by atoms with Gasteiger partial charge in [-0.05, 0) is 23.3 Å². The number of hydrogen-bond acceptors (Lipinski definition) is 6. The fourth-order valence-electron chi connectivity index (χ4n) is 2.64. The van der Waals surface area contributed by atoms with Gasteiger partial charge in [0.05, 0.1) is 36.9 Å². The molecule has 3 rings (SSSR count). The Balaban J connectivity index is 1.43. The maximum Gasteiger partial charge on any atom is 0.274 e. The smallest absolute Gasteiger partial charge is 0.274 e. The molecule has 2 aromatic carbocycles. The summed E-state index contributed by atoms with van der Waals surface area (Å²) in [6, 6.07) is 20.3. The average Bonchev–Trinajstić information content (AvgIpc) is 2.75. The van der Waals surface area contributed by atoms with Crippen molar-refractivity contribution in [3.8, 4) is 16.9 Å². The van der Waals surface area contributed by atoms with Crippen LogP contribution in [0.2, 0.25) is 0 Å². The Hall–Kier alpha value is -3.65. The maximum absolute atomic E-state index is 10.8. The molecule has 0 aliphatic carbocycles. The molecule has 0 saturated heterocycles. The van der Waals surface area contributed by atoms with E-state index in [0.29, 0.717) is 19.8 Å². The van der Waals surface area contributed by atoms with Crippen LogP contribution in [0.3, 0.4) is 0 Å². The van der Waals surface area contributed by atoms with Crippen LogP contribution in [0, 0.1) is 10.1 Å². The Kier molecular flexibility index (Phi) is 6.96. The van der Waals surface area contributed by atoms with Crippen molar-refractivity contribution in [1.29, 1.82) is 0 Å². The molecule has 8 heteroatoms. The van der Waals surface area contributed by atoms with E-state index < -0.39 is 4.92 Å². The number of rotatable bonds is 9. The Labute approximate surface area is 167 Å². The lowest BCUT2D eigenvalue weighted by Gasteiger charge is -2.08. The summed E-state index contributed by atoms with van der Waals surface area (Å²) in [7, 11) is 0. The van der Waals surface area contributed by atoms with Gasteiger partial charge >= 0.3 is 0 Å². The lowest BCUT2D eigenvalue weighted by atomic mass is 10.1. The van der Waals surface area contributed by atoms with E-state index in [1.54, 1.807) is 0 Å². The third kappa shape index (κ3) is 5.91. The molecule has 0 radical (unpaired) electrons. The third-order valence-electron chi connectivity index (χ3n) is 4.06. The predicted octanol–water partition coefficient (Wildman–Crippen LogP) is 3.30. The molecule has 0 amide bonds. The maximum atomic E-state index is 10.8. The van der Waals surface area contributed by atoms with E-state index in [0.717, 1.165) is 21.6 Å². The molecule has 0 spiro atoms. The van der Waals surface area contributed by atoms with E-state index in [4.69, 9.17) is 9.47 Å². The molecule has 3 aromatic rings. The van der Waals surface area contributed by atoms with E-state index in [-0.39, 0.29) is 17.7 Å². The minimum absolute atomic E-state index is 0.0942. The van der Waals surface area contributed by atoms with Gasteiger partial charge in [0.2, 0.25) is 0 Å². The highest BCUT2D eigenvalue weighted by Gasteiger charge is 2.05. The van der Waals surface area contributed by atoms with Crippen LogP contribution >= 0.6 is 0 Å². The minimum Gasteiger partial charge on any atom is -0.491 e. The molecular weight excluding hydrogens is 374 g/mol. The van der Waals surface area contributed by atoms with E-state index in [9.17, 15) is 15.3 Å². The number of pyridine rings is 1. The van der Waals surface area contributed by atoms with Crippen molar-refractivity contribution >= 4 is 5.69 Å². The Bertz CT molecular complexity index is 1020. The number of ether oxygens (including phenoxy) is 2. The number of aromatic nitrogens is 1. The second kappa shape index (κ2) is 10.0. The van der Waals surface area contributed by atoms with Gasteiger partial charge in [0.25, 0.3) is 5.69 Å². The third-order valence-corrected chi connectivity index (χ3v) is 4.06. The zero-order valence-electron chi connectivity index (χ0n) is 15.7. The Morgan fingerprint density at radius 2 is 1.76 bits per heavy atom. The molecule has 0 saturated carbocycles. The number of nitro groups is 1. The molecule has 150 valence electrons. The summed E-state index contributed by atoms with van der Waals surface area (Å²) in [5.41, 5.74) is 2.16. The summed E-state index contributed by atoms with van der Waals surface area (Å²) in [4.78, 5) is 14.3. The first kappa shape index (κ1) is 20.1. The van der Waals surface area contributed by atoms with Crippen molar-refractivity contribution < 1.29 is 19.6 Å². The van der Waals surface area contributed by atoms with Crippen LogP contribution in [0.4, 0.5) is 5.69 Å². The molecule has 0 fully saturated rings. The second-order valence-corrected chi connectivity index (χ2v) is 6.08. The fourth-order valence-corrected chi connectivity index (χ4v) is 2.64. The number of benzene rings is 2. The van der Waals surface area contributed by atoms with Crippen LogP contribution in [0.5, 0.6) is 5.75 Å². The first-order chi connectivity index (χ1) is 14.1. The molecule has 0 aliphatic heterocycles. The highest BCUT2D eigenvalue weighted by molar-refractivity contribution is 5.64. The largest absolute Gasteiger partial charge is 0.491 e.